The summed E-state index contributed by atoms with van der Waals surface area (Å²) in [6, 6.07) is 7.83. The third-order valence-electron chi connectivity index (χ3n) is 3.34. The van der Waals surface area contributed by atoms with Crippen molar-refractivity contribution >= 4 is 10.0 Å². The van der Waals surface area contributed by atoms with Gasteiger partial charge in [0.05, 0.1) is 16.5 Å². The zero-order chi connectivity index (χ0) is 14.7. The molecule has 0 heterocycles. The maximum Gasteiger partial charge on any atom is 0.241 e. The number of benzene rings is 1. The molecule has 0 amide bonds. The molecule has 0 saturated carbocycles. The SMILES string of the molecule is CC(C)C(C)(CN)NS(=O)(=O)c1cccc(C#N)c1. The third kappa shape index (κ3) is 3.53. The van der Waals surface area contributed by atoms with Gasteiger partial charge in [-0.2, -0.15) is 5.26 Å². The van der Waals surface area contributed by atoms with Crippen molar-refractivity contribution < 1.29 is 8.42 Å². The topological polar surface area (TPSA) is 96.0 Å². The second-order valence-corrected chi connectivity index (χ2v) is 6.70. The maximum atomic E-state index is 12.3. The molecular weight excluding hydrogens is 262 g/mol. The van der Waals surface area contributed by atoms with Crippen molar-refractivity contribution in [1.29, 1.82) is 5.26 Å². The van der Waals surface area contributed by atoms with Crippen LogP contribution in [0.2, 0.25) is 0 Å². The van der Waals surface area contributed by atoms with Crippen molar-refractivity contribution in [2.24, 2.45) is 11.7 Å². The molecule has 1 unspecified atom stereocenters. The summed E-state index contributed by atoms with van der Waals surface area (Å²) >= 11 is 0. The minimum atomic E-state index is -3.69. The molecule has 104 valence electrons. The molecular formula is C13H19N3O2S. The Morgan fingerprint density at radius 3 is 2.58 bits per heavy atom. The number of nitriles is 1. The van der Waals surface area contributed by atoms with Crippen LogP contribution in [0.25, 0.3) is 0 Å². The van der Waals surface area contributed by atoms with Crippen molar-refractivity contribution in [2.75, 3.05) is 6.54 Å². The maximum absolute atomic E-state index is 12.3. The Labute approximate surface area is 114 Å². The molecule has 0 fully saturated rings. The van der Waals surface area contributed by atoms with Crippen molar-refractivity contribution in [1.82, 2.24) is 4.72 Å². The molecule has 0 saturated heterocycles. The van der Waals surface area contributed by atoms with Gasteiger partial charge in [-0.3, -0.25) is 0 Å². The van der Waals surface area contributed by atoms with E-state index in [1.54, 1.807) is 19.1 Å². The van der Waals surface area contributed by atoms with Crippen molar-refractivity contribution in [3.05, 3.63) is 29.8 Å². The van der Waals surface area contributed by atoms with E-state index in [1.165, 1.54) is 12.1 Å². The number of nitrogens with two attached hydrogens (primary N) is 1. The van der Waals surface area contributed by atoms with Gasteiger partial charge in [-0.15, -0.1) is 0 Å². The minimum absolute atomic E-state index is 0.0476. The summed E-state index contributed by atoms with van der Waals surface area (Å²) < 4.78 is 27.2. The second kappa shape index (κ2) is 5.70. The van der Waals surface area contributed by atoms with Crippen LogP contribution in [-0.2, 0) is 10.0 Å². The number of nitrogens with one attached hydrogen (secondary N) is 1. The summed E-state index contributed by atoms with van der Waals surface area (Å²) in [6.45, 7) is 5.77. The van der Waals surface area contributed by atoms with Gasteiger partial charge in [0.1, 0.15) is 0 Å². The molecule has 1 aromatic rings. The Morgan fingerprint density at radius 2 is 2.11 bits per heavy atom. The predicted octanol–water partition coefficient (Wildman–Crippen LogP) is 1.21. The van der Waals surface area contributed by atoms with Gasteiger partial charge in [0.25, 0.3) is 0 Å². The van der Waals surface area contributed by atoms with Crippen LogP contribution in [0.4, 0.5) is 0 Å². The van der Waals surface area contributed by atoms with E-state index < -0.39 is 15.6 Å². The zero-order valence-electron chi connectivity index (χ0n) is 11.3. The molecule has 1 aromatic carbocycles. The van der Waals surface area contributed by atoms with Crippen molar-refractivity contribution in [2.45, 2.75) is 31.2 Å². The Kier molecular flexibility index (Phi) is 4.69. The average molecular weight is 281 g/mol. The number of rotatable bonds is 5. The van der Waals surface area contributed by atoms with Crippen LogP contribution in [0.3, 0.4) is 0 Å². The summed E-state index contributed by atoms with van der Waals surface area (Å²) in [4.78, 5) is 0.0758. The van der Waals surface area contributed by atoms with Crippen LogP contribution < -0.4 is 10.5 Å². The van der Waals surface area contributed by atoms with Gasteiger partial charge in [0.15, 0.2) is 0 Å². The monoisotopic (exact) mass is 281 g/mol. The second-order valence-electron chi connectivity index (χ2n) is 5.02. The highest BCUT2D eigenvalue weighted by Crippen LogP contribution is 2.20. The van der Waals surface area contributed by atoms with E-state index in [0.717, 1.165) is 0 Å². The van der Waals surface area contributed by atoms with Gasteiger partial charge >= 0.3 is 0 Å². The Hall–Kier alpha value is -1.42. The Balaban J connectivity index is 3.15. The Morgan fingerprint density at radius 1 is 1.47 bits per heavy atom. The first-order chi connectivity index (χ1) is 8.75. The smallest absolute Gasteiger partial charge is 0.241 e. The van der Waals surface area contributed by atoms with Gasteiger partial charge in [-0.1, -0.05) is 19.9 Å². The molecule has 3 N–H and O–H groups in total. The van der Waals surface area contributed by atoms with Crippen LogP contribution >= 0.6 is 0 Å². The first-order valence-corrected chi connectivity index (χ1v) is 7.47. The third-order valence-corrected chi connectivity index (χ3v) is 4.95. The van der Waals surface area contributed by atoms with Gasteiger partial charge < -0.3 is 5.73 Å². The minimum Gasteiger partial charge on any atom is -0.329 e. The summed E-state index contributed by atoms with van der Waals surface area (Å²) in [5.41, 5.74) is 5.26. The van der Waals surface area contributed by atoms with Crippen molar-refractivity contribution in [3.63, 3.8) is 0 Å². The molecule has 0 spiro atoms. The van der Waals surface area contributed by atoms with E-state index in [9.17, 15) is 8.42 Å². The first-order valence-electron chi connectivity index (χ1n) is 5.99. The highest BCUT2D eigenvalue weighted by atomic mass is 32.2. The fraction of sp³-hybridized carbons (Fsp3) is 0.462. The molecule has 0 aliphatic heterocycles. The number of hydrogen-bond donors (Lipinski definition) is 2. The molecule has 1 atom stereocenters. The van der Waals surface area contributed by atoms with E-state index in [-0.39, 0.29) is 17.4 Å². The lowest BCUT2D eigenvalue weighted by Gasteiger charge is -2.33. The molecule has 0 aliphatic carbocycles. The standard InChI is InChI=1S/C13H19N3O2S/c1-10(2)13(3,9-15)16-19(17,18)12-6-4-5-11(7-12)8-14/h4-7,10,16H,9,15H2,1-3H3. The summed E-state index contributed by atoms with van der Waals surface area (Å²) in [5, 5.41) is 8.81. The quantitative estimate of drug-likeness (QED) is 0.848. The van der Waals surface area contributed by atoms with E-state index >= 15 is 0 Å². The first kappa shape index (κ1) is 15.6. The van der Waals surface area contributed by atoms with Crippen LogP contribution in [0.5, 0.6) is 0 Å². The largest absolute Gasteiger partial charge is 0.329 e. The molecule has 1 rings (SSSR count). The lowest BCUT2D eigenvalue weighted by atomic mass is 9.90. The van der Waals surface area contributed by atoms with E-state index in [0.29, 0.717) is 5.56 Å². The number of sulfonamides is 1. The van der Waals surface area contributed by atoms with E-state index in [1.807, 2.05) is 19.9 Å². The molecule has 0 aliphatic rings. The average Bonchev–Trinajstić information content (AvgIpc) is 2.38. The summed E-state index contributed by atoms with van der Waals surface area (Å²) in [5.74, 6) is 0.0476. The van der Waals surface area contributed by atoms with Gasteiger partial charge in [0.2, 0.25) is 10.0 Å². The predicted molar refractivity (Wildman–Crippen MR) is 73.8 cm³/mol. The molecule has 5 nitrogen and oxygen atoms in total. The van der Waals surface area contributed by atoms with Gasteiger partial charge in [-0.05, 0) is 31.0 Å². The molecule has 0 aromatic heterocycles. The van der Waals surface area contributed by atoms with Gasteiger partial charge in [0, 0.05) is 12.1 Å². The molecule has 19 heavy (non-hydrogen) atoms. The number of hydrogen-bond acceptors (Lipinski definition) is 4. The Bertz CT molecular complexity index is 590. The van der Waals surface area contributed by atoms with Crippen molar-refractivity contribution in [3.8, 4) is 6.07 Å². The van der Waals surface area contributed by atoms with Gasteiger partial charge in [-0.25, -0.2) is 13.1 Å². The normalized spacial score (nSPS) is 14.9. The lowest BCUT2D eigenvalue weighted by Crippen LogP contribution is -2.54. The highest BCUT2D eigenvalue weighted by molar-refractivity contribution is 7.89. The van der Waals surface area contributed by atoms with Crippen LogP contribution in [0, 0.1) is 17.2 Å². The van der Waals surface area contributed by atoms with Crippen LogP contribution in [0.1, 0.15) is 26.3 Å². The van der Waals surface area contributed by atoms with Crippen LogP contribution in [-0.4, -0.2) is 20.5 Å². The fourth-order valence-electron chi connectivity index (χ4n) is 1.49. The zero-order valence-corrected chi connectivity index (χ0v) is 12.2. The molecule has 0 bridgehead atoms. The summed E-state index contributed by atoms with van der Waals surface area (Å²) in [6.07, 6.45) is 0. The summed E-state index contributed by atoms with van der Waals surface area (Å²) in [7, 11) is -3.69. The van der Waals surface area contributed by atoms with E-state index in [2.05, 4.69) is 4.72 Å². The fourth-order valence-corrected chi connectivity index (χ4v) is 3.08. The van der Waals surface area contributed by atoms with Crippen LogP contribution in [0.15, 0.2) is 29.2 Å². The van der Waals surface area contributed by atoms with E-state index in [4.69, 9.17) is 11.0 Å². The number of nitrogens with zero attached hydrogens (tertiary/aromatic N) is 1. The highest BCUT2D eigenvalue weighted by Gasteiger charge is 2.32. The molecule has 6 heteroatoms. The molecule has 0 radical (unpaired) electrons. The lowest BCUT2D eigenvalue weighted by molar-refractivity contribution is 0.315.